The Hall–Kier alpha value is -0.220. The summed E-state index contributed by atoms with van der Waals surface area (Å²) in [7, 11) is 0. The van der Waals surface area contributed by atoms with Gasteiger partial charge in [-0.2, -0.15) is 0 Å². The van der Waals surface area contributed by atoms with Crippen molar-refractivity contribution in [3.63, 3.8) is 0 Å². The van der Waals surface area contributed by atoms with Gasteiger partial charge in [-0.25, -0.2) is 0 Å². The second-order valence-corrected chi connectivity index (χ2v) is 4.93. The Morgan fingerprint density at radius 1 is 1.31 bits per heavy atom. The Balaban J connectivity index is 1.79. The molecule has 74 valence electrons. The van der Waals surface area contributed by atoms with Gasteiger partial charge in [-0.1, -0.05) is 0 Å². The highest BCUT2D eigenvalue weighted by Gasteiger charge is 2.30. The lowest BCUT2D eigenvalue weighted by Gasteiger charge is -2.22. The van der Waals surface area contributed by atoms with Crippen LogP contribution in [0, 0.1) is 0 Å². The fourth-order valence-electron chi connectivity index (χ4n) is 1.65. The summed E-state index contributed by atoms with van der Waals surface area (Å²) in [6.07, 6.45) is 3.17. The molecule has 2 unspecified atom stereocenters. The Labute approximate surface area is 82.2 Å². The molecule has 0 spiro atoms. The molecule has 0 saturated carbocycles. The maximum atomic E-state index is 11.2. The summed E-state index contributed by atoms with van der Waals surface area (Å²) in [6.45, 7) is 2.28. The molecule has 0 amide bonds. The molecular formula is C9H14O3S. The number of ether oxygens (including phenoxy) is 2. The van der Waals surface area contributed by atoms with Crippen molar-refractivity contribution < 1.29 is 14.3 Å². The zero-order valence-electron chi connectivity index (χ0n) is 7.53. The molecule has 3 nitrogen and oxygen atoms in total. The van der Waals surface area contributed by atoms with Crippen LogP contribution in [0.4, 0.5) is 0 Å². The lowest BCUT2D eigenvalue weighted by atomic mass is 10.2. The number of thioether (sulfide) groups is 1. The summed E-state index contributed by atoms with van der Waals surface area (Å²) in [4.78, 5) is 11.2. The first kappa shape index (κ1) is 9.34. The molecule has 0 aromatic carbocycles. The van der Waals surface area contributed by atoms with Gasteiger partial charge in [0.2, 0.25) is 0 Å². The quantitative estimate of drug-likeness (QED) is 0.631. The van der Waals surface area contributed by atoms with Crippen molar-refractivity contribution in [2.24, 2.45) is 0 Å². The third-order valence-electron chi connectivity index (χ3n) is 2.36. The first-order valence-electron chi connectivity index (χ1n) is 4.76. The van der Waals surface area contributed by atoms with Gasteiger partial charge in [0.15, 0.2) is 0 Å². The molecule has 2 fully saturated rings. The van der Waals surface area contributed by atoms with E-state index in [1.165, 1.54) is 6.42 Å². The van der Waals surface area contributed by atoms with E-state index in [9.17, 15) is 4.79 Å². The van der Waals surface area contributed by atoms with E-state index in [-0.39, 0.29) is 11.2 Å². The van der Waals surface area contributed by atoms with E-state index in [0.29, 0.717) is 11.9 Å². The molecule has 0 radical (unpaired) electrons. The third-order valence-corrected chi connectivity index (χ3v) is 3.88. The summed E-state index contributed by atoms with van der Waals surface area (Å²) < 4.78 is 10.3. The molecule has 0 aromatic heterocycles. The minimum Gasteiger partial charge on any atom is -0.465 e. The van der Waals surface area contributed by atoms with Gasteiger partial charge in [0.25, 0.3) is 0 Å². The highest BCUT2D eigenvalue weighted by Crippen LogP contribution is 2.30. The SMILES string of the molecule is O=C1OCCC1SC1CCCOC1. The van der Waals surface area contributed by atoms with Crippen LogP contribution in [0.25, 0.3) is 0 Å². The predicted octanol–water partition coefficient (Wildman–Crippen LogP) is 1.21. The van der Waals surface area contributed by atoms with Crippen molar-refractivity contribution in [3.05, 3.63) is 0 Å². The second-order valence-electron chi connectivity index (χ2n) is 3.42. The number of hydrogen-bond acceptors (Lipinski definition) is 4. The van der Waals surface area contributed by atoms with Crippen molar-refractivity contribution in [1.82, 2.24) is 0 Å². The second kappa shape index (κ2) is 4.33. The van der Waals surface area contributed by atoms with Gasteiger partial charge in [-0.05, 0) is 12.8 Å². The van der Waals surface area contributed by atoms with Crippen LogP contribution in [0.1, 0.15) is 19.3 Å². The first-order valence-corrected chi connectivity index (χ1v) is 5.70. The minimum absolute atomic E-state index is 0.0319. The van der Waals surface area contributed by atoms with E-state index >= 15 is 0 Å². The van der Waals surface area contributed by atoms with Crippen molar-refractivity contribution in [2.45, 2.75) is 29.8 Å². The molecule has 4 heteroatoms. The number of carbonyl (C=O) groups excluding carboxylic acids is 1. The molecule has 0 bridgehead atoms. The van der Waals surface area contributed by atoms with Crippen molar-refractivity contribution in [2.75, 3.05) is 19.8 Å². The summed E-state index contributed by atoms with van der Waals surface area (Å²) in [6, 6.07) is 0. The lowest BCUT2D eigenvalue weighted by molar-refractivity contribution is -0.137. The molecule has 2 saturated heterocycles. The first-order chi connectivity index (χ1) is 6.36. The average Bonchev–Trinajstić information content (AvgIpc) is 2.54. The van der Waals surface area contributed by atoms with Crippen molar-refractivity contribution >= 4 is 17.7 Å². The standard InChI is InChI=1S/C9H14O3S/c10-9-8(3-5-12-9)13-7-2-1-4-11-6-7/h7-8H,1-6H2. The highest BCUT2D eigenvalue weighted by molar-refractivity contribution is 8.01. The van der Waals surface area contributed by atoms with Gasteiger partial charge in [0.1, 0.15) is 5.25 Å². The van der Waals surface area contributed by atoms with E-state index in [1.807, 2.05) is 0 Å². The van der Waals surface area contributed by atoms with Crippen molar-refractivity contribution in [1.29, 1.82) is 0 Å². The summed E-state index contributed by atoms with van der Waals surface area (Å²) in [5.74, 6) is -0.0319. The smallest absolute Gasteiger partial charge is 0.319 e. The summed E-state index contributed by atoms with van der Waals surface area (Å²) >= 11 is 1.74. The average molecular weight is 202 g/mol. The molecule has 2 rings (SSSR count). The molecule has 2 aliphatic heterocycles. The van der Waals surface area contributed by atoms with E-state index in [0.717, 1.165) is 26.1 Å². The number of carbonyl (C=O) groups is 1. The monoisotopic (exact) mass is 202 g/mol. The predicted molar refractivity (Wildman–Crippen MR) is 50.8 cm³/mol. The van der Waals surface area contributed by atoms with Crippen LogP contribution in [-0.4, -0.2) is 36.3 Å². The van der Waals surface area contributed by atoms with Gasteiger partial charge < -0.3 is 9.47 Å². The molecule has 2 heterocycles. The molecular weight excluding hydrogens is 188 g/mol. The van der Waals surface area contributed by atoms with E-state index < -0.39 is 0 Å². The normalized spacial score (nSPS) is 34.6. The molecule has 2 aliphatic rings. The Bertz CT molecular complexity index is 189. The molecule has 0 aliphatic carbocycles. The van der Waals surface area contributed by atoms with Crippen LogP contribution in [0.2, 0.25) is 0 Å². The molecule has 0 N–H and O–H groups in total. The van der Waals surface area contributed by atoms with E-state index in [1.54, 1.807) is 11.8 Å². The summed E-state index contributed by atoms with van der Waals surface area (Å²) in [5.41, 5.74) is 0. The molecule has 13 heavy (non-hydrogen) atoms. The van der Waals surface area contributed by atoms with Gasteiger partial charge in [0, 0.05) is 18.3 Å². The Morgan fingerprint density at radius 2 is 2.23 bits per heavy atom. The van der Waals surface area contributed by atoms with Gasteiger partial charge in [0.05, 0.1) is 13.2 Å². The maximum Gasteiger partial charge on any atom is 0.319 e. The fraction of sp³-hybridized carbons (Fsp3) is 0.889. The Kier molecular flexibility index (Phi) is 3.11. The minimum atomic E-state index is -0.0319. The Morgan fingerprint density at radius 3 is 2.85 bits per heavy atom. The summed E-state index contributed by atoms with van der Waals surface area (Å²) in [5, 5.41) is 0.580. The van der Waals surface area contributed by atoms with Gasteiger partial charge in [-0.15, -0.1) is 11.8 Å². The van der Waals surface area contributed by atoms with Gasteiger partial charge >= 0.3 is 5.97 Å². The van der Waals surface area contributed by atoms with Gasteiger partial charge in [-0.3, -0.25) is 4.79 Å². The van der Waals surface area contributed by atoms with Crippen LogP contribution < -0.4 is 0 Å². The topological polar surface area (TPSA) is 35.5 Å². The van der Waals surface area contributed by atoms with Crippen molar-refractivity contribution in [3.8, 4) is 0 Å². The van der Waals surface area contributed by atoms with E-state index in [2.05, 4.69) is 0 Å². The number of rotatable bonds is 2. The van der Waals surface area contributed by atoms with Crippen LogP contribution in [-0.2, 0) is 14.3 Å². The molecule has 0 aromatic rings. The third kappa shape index (κ3) is 2.38. The zero-order valence-corrected chi connectivity index (χ0v) is 8.35. The number of esters is 1. The molecule has 2 atom stereocenters. The number of cyclic esters (lactones) is 1. The van der Waals surface area contributed by atoms with Crippen LogP contribution in [0.3, 0.4) is 0 Å². The maximum absolute atomic E-state index is 11.2. The largest absolute Gasteiger partial charge is 0.465 e. The van der Waals surface area contributed by atoms with Crippen LogP contribution >= 0.6 is 11.8 Å². The van der Waals surface area contributed by atoms with Crippen LogP contribution in [0.5, 0.6) is 0 Å². The van der Waals surface area contributed by atoms with Crippen LogP contribution in [0.15, 0.2) is 0 Å². The zero-order chi connectivity index (χ0) is 9.10. The number of hydrogen-bond donors (Lipinski definition) is 0. The highest BCUT2D eigenvalue weighted by atomic mass is 32.2. The lowest BCUT2D eigenvalue weighted by Crippen LogP contribution is -2.23. The van der Waals surface area contributed by atoms with E-state index in [4.69, 9.17) is 9.47 Å². The fourth-order valence-corrected chi connectivity index (χ4v) is 3.01.